The summed E-state index contributed by atoms with van der Waals surface area (Å²) in [5.74, 6) is 0.383. The minimum absolute atomic E-state index is 0.279. The van der Waals surface area contributed by atoms with Gasteiger partial charge in [0.15, 0.2) is 5.11 Å². The minimum Gasteiger partial charge on any atom is -0.406 e. The van der Waals surface area contributed by atoms with Crippen LogP contribution in [-0.4, -0.2) is 32.2 Å². The van der Waals surface area contributed by atoms with Gasteiger partial charge < -0.3 is 10.1 Å². The van der Waals surface area contributed by atoms with Crippen molar-refractivity contribution < 1.29 is 17.9 Å². The van der Waals surface area contributed by atoms with E-state index in [9.17, 15) is 13.2 Å². The summed E-state index contributed by atoms with van der Waals surface area (Å²) in [4.78, 5) is 8.78. The lowest BCUT2D eigenvalue weighted by Gasteiger charge is -2.10. The van der Waals surface area contributed by atoms with Crippen LogP contribution in [0.4, 0.5) is 19.0 Å². The number of anilines is 1. The fourth-order valence-electron chi connectivity index (χ4n) is 3.84. The topological polar surface area (TPSA) is 76.4 Å². The molecular weight excluding hydrogens is 501 g/mol. The smallest absolute Gasteiger partial charge is 0.406 e. The number of benzene rings is 3. The Hall–Kier alpha value is -4.51. The molecule has 37 heavy (non-hydrogen) atoms. The van der Waals surface area contributed by atoms with Gasteiger partial charge in [0.05, 0.1) is 17.2 Å². The summed E-state index contributed by atoms with van der Waals surface area (Å²) in [6.07, 6.45) is 0.245. The van der Waals surface area contributed by atoms with Crippen LogP contribution in [0.3, 0.4) is 0 Å². The van der Waals surface area contributed by atoms with Crippen LogP contribution in [0, 0.1) is 6.92 Å². The molecule has 0 aliphatic carbocycles. The maximum absolute atomic E-state index is 12.4. The fourth-order valence-corrected chi connectivity index (χ4v) is 3.99. The molecule has 0 bridgehead atoms. The summed E-state index contributed by atoms with van der Waals surface area (Å²) < 4.78 is 43.1. The molecule has 0 aliphatic heterocycles. The van der Waals surface area contributed by atoms with Crippen molar-refractivity contribution in [2.24, 2.45) is 5.10 Å². The third-order valence-electron chi connectivity index (χ3n) is 5.53. The van der Waals surface area contributed by atoms with Crippen LogP contribution >= 0.6 is 12.2 Å². The number of thiocarbonyl (C=S) groups is 1. The highest BCUT2D eigenvalue weighted by Crippen LogP contribution is 2.28. The van der Waals surface area contributed by atoms with E-state index in [-0.39, 0.29) is 5.75 Å². The van der Waals surface area contributed by atoms with Crippen LogP contribution in [0.15, 0.2) is 84.4 Å². The van der Waals surface area contributed by atoms with Gasteiger partial charge in [-0.05, 0) is 78.1 Å². The third-order valence-corrected chi connectivity index (χ3v) is 5.72. The SMILES string of the molecule is Cc1cccnc1NC(=S)N/N=C/c1ccc2c(ccc3c2ncn3-c2ccc(OC(F)(F)F)cc2)c1. The van der Waals surface area contributed by atoms with Crippen molar-refractivity contribution in [3.05, 3.63) is 90.4 Å². The molecule has 2 aromatic heterocycles. The van der Waals surface area contributed by atoms with Gasteiger partial charge in [-0.1, -0.05) is 24.3 Å². The predicted octanol–water partition coefficient (Wildman–Crippen LogP) is 6.10. The molecule has 5 rings (SSSR count). The van der Waals surface area contributed by atoms with Crippen molar-refractivity contribution in [3.63, 3.8) is 0 Å². The molecule has 7 nitrogen and oxygen atoms in total. The van der Waals surface area contributed by atoms with Gasteiger partial charge in [0.2, 0.25) is 0 Å². The van der Waals surface area contributed by atoms with Gasteiger partial charge in [0.1, 0.15) is 17.9 Å². The molecule has 0 atom stereocenters. The molecule has 0 aliphatic rings. The molecule has 5 aromatic rings. The highest BCUT2D eigenvalue weighted by atomic mass is 32.1. The van der Waals surface area contributed by atoms with Crippen molar-refractivity contribution in [1.82, 2.24) is 20.0 Å². The molecule has 0 radical (unpaired) electrons. The molecule has 186 valence electrons. The zero-order valence-corrected chi connectivity index (χ0v) is 20.1. The quantitative estimate of drug-likeness (QED) is 0.166. The normalized spacial score (nSPS) is 11.8. The molecule has 3 aromatic carbocycles. The summed E-state index contributed by atoms with van der Waals surface area (Å²) in [6, 6.07) is 19.1. The molecule has 11 heteroatoms. The van der Waals surface area contributed by atoms with Gasteiger partial charge in [0, 0.05) is 17.3 Å². The number of ether oxygens (including phenoxy) is 1. The molecule has 0 saturated carbocycles. The van der Waals surface area contributed by atoms with Crippen molar-refractivity contribution in [3.8, 4) is 11.4 Å². The molecule has 0 fully saturated rings. The van der Waals surface area contributed by atoms with Crippen LogP contribution in [0.5, 0.6) is 5.75 Å². The maximum Gasteiger partial charge on any atom is 0.573 e. The average molecular weight is 521 g/mol. The Balaban J connectivity index is 1.32. The van der Waals surface area contributed by atoms with E-state index in [1.54, 1.807) is 30.9 Å². The number of fused-ring (bicyclic) bond motifs is 3. The first-order valence-corrected chi connectivity index (χ1v) is 11.5. The molecule has 2 N–H and O–H groups in total. The number of rotatable bonds is 5. The van der Waals surface area contributed by atoms with Gasteiger partial charge >= 0.3 is 6.36 Å². The standard InChI is InChI=1S/C26H19F3N6OS/c1-16-3-2-12-30-24(16)33-25(37)34-32-14-17-4-10-21-18(13-17)5-11-22-23(21)31-15-35(22)19-6-8-20(9-7-19)36-26(27,28)29/h2-15H,1H3,(H2,30,33,34,37)/b32-14+. The Morgan fingerprint density at radius 2 is 1.86 bits per heavy atom. The number of nitrogens with zero attached hydrogens (tertiary/aromatic N) is 4. The van der Waals surface area contributed by atoms with E-state index in [0.717, 1.165) is 32.9 Å². The van der Waals surface area contributed by atoms with Crippen molar-refractivity contribution >= 4 is 51.2 Å². The number of aryl methyl sites for hydroxylation is 1. The van der Waals surface area contributed by atoms with Crippen molar-refractivity contribution in [1.29, 1.82) is 0 Å². The monoisotopic (exact) mass is 520 g/mol. The number of imidazole rings is 1. The summed E-state index contributed by atoms with van der Waals surface area (Å²) in [6.45, 7) is 1.93. The third kappa shape index (κ3) is 5.51. The fraction of sp³-hybridized carbons (Fsp3) is 0.0769. The molecule has 2 heterocycles. The minimum atomic E-state index is -4.73. The van der Waals surface area contributed by atoms with Gasteiger partial charge in [-0.2, -0.15) is 5.10 Å². The van der Waals surface area contributed by atoms with E-state index < -0.39 is 6.36 Å². The summed E-state index contributed by atoms with van der Waals surface area (Å²) >= 11 is 5.27. The van der Waals surface area contributed by atoms with E-state index in [1.165, 1.54) is 12.1 Å². The molecular formula is C26H19F3N6OS. The number of aromatic nitrogens is 3. The van der Waals surface area contributed by atoms with Crippen LogP contribution < -0.4 is 15.5 Å². The van der Waals surface area contributed by atoms with Crippen LogP contribution in [-0.2, 0) is 0 Å². The lowest BCUT2D eigenvalue weighted by Crippen LogP contribution is -2.24. The Labute approximate surface area is 214 Å². The first kappa shape index (κ1) is 24.2. The van der Waals surface area contributed by atoms with E-state index in [1.807, 2.05) is 54.0 Å². The lowest BCUT2D eigenvalue weighted by atomic mass is 10.1. The van der Waals surface area contributed by atoms with Crippen LogP contribution in [0.25, 0.3) is 27.5 Å². The van der Waals surface area contributed by atoms with Gasteiger partial charge in [-0.3, -0.25) is 9.99 Å². The largest absolute Gasteiger partial charge is 0.573 e. The van der Waals surface area contributed by atoms with Crippen LogP contribution in [0.1, 0.15) is 11.1 Å². The van der Waals surface area contributed by atoms with Crippen molar-refractivity contribution in [2.75, 3.05) is 5.32 Å². The Morgan fingerprint density at radius 3 is 2.62 bits per heavy atom. The zero-order valence-electron chi connectivity index (χ0n) is 19.3. The number of nitrogens with one attached hydrogen (secondary N) is 2. The lowest BCUT2D eigenvalue weighted by molar-refractivity contribution is -0.274. The van der Waals surface area contributed by atoms with E-state index in [2.05, 4.69) is 30.5 Å². The molecule has 0 amide bonds. The number of hydrogen-bond donors (Lipinski definition) is 2. The highest BCUT2D eigenvalue weighted by molar-refractivity contribution is 7.80. The van der Waals surface area contributed by atoms with E-state index in [0.29, 0.717) is 16.6 Å². The predicted molar refractivity (Wildman–Crippen MR) is 141 cm³/mol. The molecule has 0 spiro atoms. The van der Waals surface area contributed by atoms with Gasteiger partial charge in [-0.25, -0.2) is 9.97 Å². The number of pyridine rings is 1. The summed E-state index contributed by atoms with van der Waals surface area (Å²) in [7, 11) is 0. The Bertz CT molecular complexity index is 1630. The van der Waals surface area contributed by atoms with Gasteiger partial charge in [0.25, 0.3) is 0 Å². The number of hydrogen-bond acceptors (Lipinski definition) is 5. The van der Waals surface area contributed by atoms with E-state index in [4.69, 9.17) is 12.2 Å². The Morgan fingerprint density at radius 1 is 1.05 bits per heavy atom. The second-order valence-electron chi connectivity index (χ2n) is 8.06. The molecule has 0 unspecified atom stereocenters. The summed E-state index contributed by atoms with van der Waals surface area (Å²) in [5, 5.41) is 9.42. The number of hydrazone groups is 1. The second-order valence-corrected chi connectivity index (χ2v) is 8.47. The average Bonchev–Trinajstić information content (AvgIpc) is 3.29. The zero-order chi connectivity index (χ0) is 26.0. The van der Waals surface area contributed by atoms with E-state index >= 15 is 0 Å². The number of alkyl halides is 3. The van der Waals surface area contributed by atoms with Gasteiger partial charge in [-0.15, -0.1) is 13.2 Å². The summed E-state index contributed by atoms with van der Waals surface area (Å²) in [5.41, 5.74) is 6.86. The molecule has 0 saturated heterocycles. The van der Waals surface area contributed by atoms with Crippen LogP contribution in [0.2, 0.25) is 0 Å². The number of halogens is 3. The first-order valence-electron chi connectivity index (χ1n) is 11.0. The first-order chi connectivity index (χ1) is 17.8. The maximum atomic E-state index is 12.4. The second kappa shape index (κ2) is 9.86. The Kier molecular flexibility index (Phi) is 6.45. The van der Waals surface area contributed by atoms with Crippen molar-refractivity contribution in [2.45, 2.75) is 13.3 Å². The highest BCUT2D eigenvalue weighted by Gasteiger charge is 2.31.